The Morgan fingerprint density at radius 2 is 2.00 bits per heavy atom. The highest BCUT2D eigenvalue weighted by molar-refractivity contribution is 5.58. The number of nitrogens with zero attached hydrogens (tertiary/aromatic N) is 1. The standard InChI is InChI=1S/C17H20N2O/c1-19-9-8-14-10-13(6-7-16(14)19)11-18-12-15-4-2-3-5-17(15)20/h2-7,10,18,20H,8-9,11-12H2,1H3. The number of hydrogen-bond acceptors (Lipinski definition) is 3. The van der Waals surface area contributed by atoms with Crippen LogP contribution in [0, 0.1) is 0 Å². The molecule has 0 saturated carbocycles. The fourth-order valence-corrected chi connectivity index (χ4v) is 2.73. The van der Waals surface area contributed by atoms with Crippen LogP contribution in [0.15, 0.2) is 42.5 Å². The first kappa shape index (κ1) is 13.0. The van der Waals surface area contributed by atoms with Gasteiger partial charge in [-0.3, -0.25) is 0 Å². The fraction of sp³-hybridized carbons (Fsp3) is 0.294. The summed E-state index contributed by atoms with van der Waals surface area (Å²) in [6.45, 7) is 2.62. The zero-order valence-corrected chi connectivity index (χ0v) is 11.8. The molecular formula is C17H20N2O. The van der Waals surface area contributed by atoms with Gasteiger partial charge in [0.2, 0.25) is 0 Å². The molecule has 3 heteroatoms. The van der Waals surface area contributed by atoms with Crippen molar-refractivity contribution < 1.29 is 5.11 Å². The van der Waals surface area contributed by atoms with Gasteiger partial charge in [0.1, 0.15) is 5.75 Å². The van der Waals surface area contributed by atoms with E-state index in [-0.39, 0.29) is 0 Å². The van der Waals surface area contributed by atoms with E-state index in [1.165, 1.54) is 16.8 Å². The molecule has 0 radical (unpaired) electrons. The largest absolute Gasteiger partial charge is 0.508 e. The van der Waals surface area contributed by atoms with Crippen molar-refractivity contribution in [1.82, 2.24) is 5.32 Å². The normalized spacial score (nSPS) is 13.6. The predicted molar refractivity (Wildman–Crippen MR) is 82.1 cm³/mol. The van der Waals surface area contributed by atoms with Crippen LogP contribution < -0.4 is 10.2 Å². The fourth-order valence-electron chi connectivity index (χ4n) is 2.73. The molecule has 3 rings (SSSR count). The van der Waals surface area contributed by atoms with Crippen molar-refractivity contribution in [3.63, 3.8) is 0 Å². The van der Waals surface area contributed by atoms with E-state index in [1.54, 1.807) is 6.07 Å². The molecule has 0 fully saturated rings. The molecule has 3 nitrogen and oxygen atoms in total. The summed E-state index contributed by atoms with van der Waals surface area (Å²) in [6.07, 6.45) is 1.14. The Morgan fingerprint density at radius 1 is 1.15 bits per heavy atom. The summed E-state index contributed by atoms with van der Waals surface area (Å²) in [5, 5.41) is 13.1. The molecule has 0 bridgehead atoms. The first-order chi connectivity index (χ1) is 9.74. The number of phenols is 1. The van der Waals surface area contributed by atoms with E-state index in [2.05, 4.69) is 35.5 Å². The highest BCUT2D eigenvalue weighted by Crippen LogP contribution is 2.27. The monoisotopic (exact) mass is 268 g/mol. The van der Waals surface area contributed by atoms with Crippen molar-refractivity contribution in [3.05, 3.63) is 59.2 Å². The van der Waals surface area contributed by atoms with E-state index in [1.807, 2.05) is 18.2 Å². The lowest BCUT2D eigenvalue weighted by Crippen LogP contribution is -2.13. The number of rotatable bonds is 4. The summed E-state index contributed by atoms with van der Waals surface area (Å²) >= 11 is 0. The molecule has 0 saturated heterocycles. The SMILES string of the molecule is CN1CCc2cc(CNCc3ccccc3O)ccc21. The first-order valence-corrected chi connectivity index (χ1v) is 7.04. The lowest BCUT2D eigenvalue weighted by atomic mass is 10.1. The van der Waals surface area contributed by atoms with E-state index >= 15 is 0 Å². The smallest absolute Gasteiger partial charge is 0.120 e. The van der Waals surface area contributed by atoms with Gasteiger partial charge in [-0.15, -0.1) is 0 Å². The molecule has 0 aliphatic carbocycles. The molecule has 0 aromatic heterocycles. The second kappa shape index (κ2) is 5.55. The quantitative estimate of drug-likeness (QED) is 0.895. The second-order valence-corrected chi connectivity index (χ2v) is 5.37. The van der Waals surface area contributed by atoms with Crippen molar-refractivity contribution in [2.24, 2.45) is 0 Å². The van der Waals surface area contributed by atoms with Crippen LogP contribution >= 0.6 is 0 Å². The third kappa shape index (κ3) is 2.63. The van der Waals surface area contributed by atoms with Crippen molar-refractivity contribution in [3.8, 4) is 5.75 Å². The molecule has 2 N–H and O–H groups in total. The molecule has 0 atom stereocenters. The number of aromatic hydroxyl groups is 1. The van der Waals surface area contributed by atoms with Gasteiger partial charge in [-0.05, 0) is 29.7 Å². The maximum atomic E-state index is 9.72. The molecule has 2 aromatic rings. The molecule has 1 aliphatic rings. The summed E-state index contributed by atoms with van der Waals surface area (Å²) in [6, 6.07) is 14.1. The third-order valence-corrected chi connectivity index (χ3v) is 3.91. The van der Waals surface area contributed by atoms with E-state index in [9.17, 15) is 5.11 Å². The van der Waals surface area contributed by atoms with Crippen LogP contribution in [0.3, 0.4) is 0 Å². The minimum absolute atomic E-state index is 0.357. The third-order valence-electron chi connectivity index (χ3n) is 3.91. The van der Waals surface area contributed by atoms with Crippen molar-refractivity contribution >= 4 is 5.69 Å². The van der Waals surface area contributed by atoms with Gasteiger partial charge in [-0.1, -0.05) is 30.3 Å². The van der Waals surface area contributed by atoms with Crippen molar-refractivity contribution in [2.45, 2.75) is 19.5 Å². The molecule has 104 valence electrons. The average molecular weight is 268 g/mol. The van der Waals surface area contributed by atoms with Crippen LogP contribution in [0.4, 0.5) is 5.69 Å². The lowest BCUT2D eigenvalue weighted by Gasteiger charge is -2.12. The van der Waals surface area contributed by atoms with Gasteiger partial charge < -0.3 is 15.3 Å². The van der Waals surface area contributed by atoms with E-state index < -0.39 is 0 Å². The number of hydrogen-bond donors (Lipinski definition) is 2. The average Bonchev–Trinajstić information content (AvgIpc) is 2.82. The van der Waals surface area contributed by atoms with Gasteiger partial charge in [-0.2, -0.15) is 0 Å². The summed E-state index contributed by atoms with van der Waals surface area (Å²) < 4.78 is 0. The van der Waals surface area contributed by atoms with Gasteiger partial charge in [0.15, 0.2) is 0 Å². The van der Waals surface area contributed by atoms with Gasteiger partial charge in [0, 0.05) is 37.9 Å². The number of fused-ring (bicyclic) bond motifs is 1. The van der Waals surface area contributed by atoms with E-state index in [0.29, 0.717) is 12.3 Å². The van der Waals surface area contributed by atoms with Gasteiger partial charge in [0.25, 0.3) is 0 Å². The number of para-hydroxylation sites is 1. The highest BCUT2D eigenvalue weighted by Gasteiger charge is 2.15. The minimum atomic E-state index is 0.357. The number of nitrogens with one attached hydrogen (secondary N) is 1. The molecule has 2 aromatic carbocycles. The van der Waals surface area contributed by atoms with Crippen LogP contribution in [0.25, 0.3) is 0 Å². The number of benzene rings is 2. The summed E-state index contributed by atoms with van der Waals surface area (Å²) in [7, 11) is 2.14. The number of phenolic OH excluding ortho intramolecular Hbond substituents is 1. The Hall–Kier alpha value is -2.00. The Labute approximate surface area is 119 Å². The topological polar surface area (TPSA) is 35.5 Å². The lowest BCUT2D eigenvalue weighted by molar-refractivity contribution is 0.464. The van der Waals surface area contributed by atoms with Gasteiger partial charge in [0.05, 0.1) is 0 Å². The van der Waals surface area contributed by atoms with Gasteiger partial charge in [-0.25, -0.2) is 0 Å². The zero-order chi connectivity index (χ0) is 13.9. The molecule has 20 heavy (non-hydrogen) atoms. The Balaban J connectivity index is 1.61. The molecule has 0 amide bonds. The molecular weight excluding hydrogens is 248 g/mol. The molecule has 1 aliphatic heterocycles. The maximum Gasteiger partial charge on any atom is 0.120 e. The minimum Gasteiger partial charge on any atom is -0.508 e. The Kier molecular flexibility index (Phi) is 3.61. The maximum absolute atomic E-state index is 9.72. The Bertz CT molecular complexity index is 610. The number of likely N-dealkylation sites (N-methyl/N-ethyl adjacent to an activating group) is 1. The molecule has 0 unspecified atom stereocenters. The van der Waals surface area contributed by atoms with E-state index in [4.69, 9.17) is 0 Å². The zero-order valence-electron chi connectivity index (χ0n) is 11.8. The van der Waals surface area contributed by atoms with Gasteiger partial charge >= 0.3 is 0 Å². The first-order valence-electron chi connectivity index (χ1n) is 7.04. The van der Waals surface area contributed by atoms with Crippen LogP contribution in [0.1, 0.15) is 16.7 Å². The van der Waals surface area contributed by atoms with Crippen LogP contribution in [-0.2, 0) is 19.5 Å². The number of anilines is 1. The van der Waals surface area contributed by atoms with Crippen LogP contribution in [0.5, 0.6) is 5.75 Å². The summed E-state index contributed by atoms with van der Waals surface area (Å²) in [5.74, 6) is 0.357. The van der Waals surface area contributed by atoms with Crippen molar-refractivity contribution in [2.75, 3.05) is 18.5 Å². The Morgan fingerprint density at radius 3 is 2.85 bits per heavy atom. The summed E-state index contributed by atoms with van der Waals surface area (Å²) in [4.78, 5) is 2.30. The molecule has 1 heterocycles. The second-order valence-electron chi connectivity index (χ2n) is 5.37. The van der Waals surface area contributed by atoms with Crippen LogP contribution in [0.2, 0.25) is 0 Å². The van der Waals surface area contributed by atoms with E-state index in [0.717, 1.165) is 25.1 Å². The predicted octanol–water partition coefficient (Wildman–Crippen LogP) is 2.67. The summed E-state index contributed by atoms with van der Waals surface area (Å²) in [5.41, 5.74) is 5.03. The molecule has 0 spiro atoms. The highest BCUT2D eigenvalue weighted by atomic mass is 16.3. The van der Waals surface area contributed by atoms with Crippen molar-refractivity contribution in [1.29, 1.82) is 0 Å². The van der Waals surface area contributed by atoms with Crippen LogP contribution in [-0.4, -0.2) is 18.7 Å².